The second kappa shape index (κ2) is 7.61. The van der Waals surface area contributed by atoms with Gasteiger partial charge in [-0.15, -0.1) is 0 Å². The van der Waals surface area contributed by atoms with Crippen molar-refractivity contribution in [3.63, 3.8) is 0 Å². The summed E-state index contributed by atoms with van der Waals surface area (Å²) in [5, 5.41) is 8.56. The molecule has 1 aromatic carbocycles. The Morgan fingerprint density at radius 3 is 2.79 bits per heavy atom. The first kappa shape index (κ1) is 19.8. The summed E-state index contributed by atoms with van der Waals surface area (Å²) >= 11 is 0. The van der Waals surface area contributed by atoms with Crippen LogP contribution in [0, 0.1) is 13.8 Å². The minimum Gasteiger partial charge on any atom is -0.474 e. The van der Waals surface area contributed by atoms with Crippen molar-refractivity contribution in [2.24, 2.45) is 7.05 Å². The van der Waals surface area contributed by atoms with Crippen molar-refractivity contribution in [2.45, 2.75) is 45.6 Å². The summed E-state index contributed by atoms with van der Waals surface area (Å²) in [5.41, 5.74) is 6.01. The Hall–Kier alpha value is -3.88. The average Bonchev–Trinajstić information content (AvgIpc) is 3.55. The Balaban J connectivity index is 1.47. The molecule has 33 heavy (non-hydrogen) atoms. The zero-order chi connectivity index (χ0) is 22.5. The van der Waals surface area contributed by atoms with E-state index in [1.807, 2.05) is 51.5 Å². The van der Waals surface area contributed by atoms with E-state index >= 15 is 0 Å². The molecule has 0 radical (unpaired) electrons. The van der Waals surface area contributed by atoms with Crippen LogP contribution in [0.4, 0.5) is 11.6 Å². The lowest BCUT2D eigenvalue weighted by atomic mass is 10.1. The van der Waals surface area contributed by atoms with Crippen molar-refractivity contribution in [1.29, 1.82) is 0 Å². The third kappa shape index (κ3) is 3.59. The second-order valence-corrected chi connectivity index (χ2v) is 8.64. The third-order valence-corrected chi connectivity index (χ3v) is 6.15. The van der Waals surface area contributed by atoms with Crippen molar-refractivity contribution in [3.8, 4) is 17.0 Å². The van der Waals surface area contributed by atoms with Crippen LogP contribution in [-0.2, 0) is 7.05 Å². The van der Waals surface area contributed by atoms with Gasteiger partial charge in [-0.25, -0.2) is 4.98 Å². The number of aromatic amines is 1. The molecule has 5 aromatic rings. The number of aryl methyl sites for hydroxylation is 3. The highest BCUT2D eigenvalue weighted by Gasteiger charge is 2.23. The first-order chi connectivity index (χ1) is 16.0. The highest BCUT2D eigenvalue weighted by atomic mass is 16.5. The van der Waals surface area contributed by atoms with Gasteiger partial charge in [0, 0.05) is 31.9 Å². The van der Waals surface area contributed by atoms with Gasteiger partial charge in [-0.05, 0) is 50.3 Å². The molecule has 4 heterocycles. The number of anilines is 2. The summed E-state index contributed by atoms with van der Waals surface area (Å²) < 4.78 is 14.0. The number of oxazole rings is 1. The van der Waals surface area contributed by atoms with Gasteiger partial charge in [0.25, 0.3) is 0 Å². The quantitative estimate of drug-likeness (QED) is 0.385. The SMILES string of the molecule is Cc1nc2ccc(-c3c[nH]c4nc(Nc5cn(C)nc5C)nc(OC5CCCC5)c34)cc2o1. The van der Waals surface area contributed by atoms with Crippen molar-refractivity contribution >= 4 is 33.8 Å². The number of nitrogens with zero attached hydrogens (tertiary/aromatic N) is 5. The van der Waals surface area contributed by atoms with E-state index in [1.54, 1.807) is 4.68 Å². The van der Waals surface area contributed by atoms with Gasteiger partial charge in [0.15, 0.2) is 11.5 Å². The van der Waals surface area contributed by atoms with Gasteiger partial charge in [-0.1, -0.05) is 6.07 Å². The Morgan fingerprint density at radius 1 is 1.15 bits per heavy atom. The third-order valence-electron chi connectivity index (χ3n) is 6.15. The monoisotopic (exact) mass is 443 g/mol. The van der Waals surface area contributed by atoms with Gasteiger partial charge in [0.1, 0.15) is 17.3 Å². The predicted molar refractivity (Wildman–Crippen MR) is 126 cm³/mol. The summed E-state index contributed by atoms with van der Waals surface area (Å²) in [5.74, 6) is 1.71. The van der Waals surface area contributed by atoms with Crippen molar-refractivity contribution in [2.75, 3.05) is 5.32 Å². The molecule has 0 amide bonds. The summed E-state index contributed by atoms with van der Waals surface area (Å²) in [6.45, 7) is 3.80. The first-order valence-corrected chi connectivity index (χ1v) is 11.2. The van der Waals surface area contributed by atoms with Crippen LogP contribution in [0.1, 0.15) is 37.3 Å². The lowest BCUT2D eigenvalue weighted by Crippen LogP contribution is -2.13. The molecule has 6 rings (SSSR count). The van der Waals surface area contributed by atoms with Crippen LogP contribution in [0.25, 0.3) is 33.3 Å². The Labute approximate surface area is 190 Å². The van der Waals surface area contributed by atoms with Crippen molar-refractivity contribution < 1.29 is 9.15 Å². The van der Waals surface area contributed by atoms with E-state index in [1.165, 1.54) is 12.8 Å². The van der Waals surface area contributed by atoms with Gasteiger partial charge < -0.3 is 19.5 Å². The minimum atomic E-state index is 0.165. The maximum atomic E-state index is 6.45. The molecule has 0 spiro atoms. The van der Waals surface area contributed by atoms with E-state index in [0.29, 0.717) is 23.4 Å². The molecule has 0 aliphatic heterocycles. The molecule has 1 aliphatic rings. The summed E-state index contributed by atoms with van der Waals surface area (Å²) in [4.78, 5) is 17.3. The van der Waals surface area contributed by atoms with E-state index < -0.39 is 0 Å². The number of ether oxygens (including phenoxy) is 1. The van der Waals surface area contributed by atoms with Gasteiger partial charge in [0.05, 0.1) is 16.8 Å². The molecule has 9 heteroatoms. The Bertz CT molecular complexity index is 1470. The minimum absolute atomic E-state index is 0.165. The highest BCUT2D eigenvalue weighted by molar-refractivity contribution is 5.99. The molecule has 0 unspecified atom stereocenters. The summed E-state index contributed by atoms with van der Waals surface area (Å²) in [6, 6.07) is 6.01. The predicted octanol–water partition coefficient (Wildman–Crippen LogP) is 5.18. The van der Waals surface area contributed by atoms with Crippen molar-refractivity contribution in [1.82, 2.24) is 29.7 Å². The van der Waals surface area contributed by atoms with Crippen LogP contribution >= 0.6 is 0 Å². The average molecular weight is 444 g/mol. The Kier molecular flexibility index (Phi) is 4.56. The number of rotatable bonds is 5. The zero-order valence-electron chi connectivity index (χ0n) is 18.8. The molecule has 168 valence electrons. The van der Waals surface area contributed by atoms with Gasteiger partial charge in [-0.2, -0.15) is 15.1 Å². The van der Waals surface area contributed by atoms with Crippen LogP contribution < -0.4 is 10.1 Å². The van der Waals surface area contributed by atoms with Crippen LogP contribution in [0.2, 0.25) is 0 Å². The van der Waals surface area contributed by atoms with Gasteiger partial charge in [-0.3, -0.25) is 4.68 Å². The number of nitrogens with one attached hydrogen (secondary N) is 2. The Morgan fingerprint density at radius 2 is 2.00 bits per heavy atom. The number of hydrogen-bond donors (Lipinski definition) is 2. The van der Waals surface area contributed by atoms with E-state index in [0.717, 1.165) is 51.8 Å². The van der Waals surface area contributed by atoms with Crippen LogP contribution in [0.5, 0.6) is 5.88 Å². The smallest absolute Gasteiger partial charge is 0.232 e. The molecule has 1 aliphatic carbocycles. The standard InChI is InChI=1S/C24H25N7O2/c1-13-19(12-31(3)30-13)27-24-28-22-21(23(29-24)33-16-6-4-5-7-16)17(11-25-22)15-8-9-18-20(10-15)32-14(2)26-18/h8-12,16H,4-7H2,1-3H3,(H2,25,27,28,29). The zero-order valence-corrected chi connectivity index (χ0v) is 18.8. The fourth-order valence-corrected chi connectivity index (χ4v) is 4.58. The molecular weight excluding hydrogens is 418 g/mol. The summed E-state index contributed by atoms with van der Waals surface area (Å²) in [7, 11) is 1.89. The summed E-state index contributed by atoms with van der Waals surface area (Å²) in [6.07, 6.45) is 8.47. The van der Waals surface area contributed by atoms with Crippen molar-refractivity contribution in [3.05, 3.63) is 42.2 Å². The van der Waals surface area contributed by atoms with E-state index in [9.17, 15) is 0 Å². The molecule has 0 atom stereocenters. The normalized spacial score (nSPS) is 14.5. The van der Waals surface area contributed by atoms with Crippen LogP contribution in [0.3, 0.4) is 0 Å². The van der Waals surface area contributed by atoms with Gasteiger partial charge in [0.2, 0.25) is 11.8 Å². The molecule has 9 nitrogen and oxygen atoms in total. The molecule has 4 aromatic heterocycles. The van der Waals surface area contributed by atoms with E-state index in [2.05, 4.69) is 20.4 Å². The first-order valence-electron chi connectivity index (χ1n) is 11.2. The number of aromatic nitrogens is 6. The largest absolute Gasteiger partial charge is 0.474 e. The lowest BCUT2D eigenvalue weighted by molar-refractivity contribution is 0.204. The molecule has 0 bridgehead atoms. The fraction of sp³-hybridized carbons (Fsp3) is 0.333. The number of hydrogen-bond acceptors (Lipinski definition) is 7. The second-order valence-electron chi connectivity index (χ2n) is 8.64. The number of fused-ring (bicyclic) bond motifs is 2. The molecular formula is C24H25N7O2. The topological polar surface area (TPSA) is 107 Å². The van der Waals surface area contributed by atoms with E-state index in [4.69, 9.17) is 19.1 Å². The molecule has 1 saturated carbocycles. The maximum absolute atomic E-state index is 6.45. The maximum Gasteiger partial charge on any atom is 0.232 e. The molecule has 2 N–H and O–H groups in total. The lowest BCUT2D eigenvalue weighted by Gasteiger charge is -2.15. The van der Waals surface area contributed by atoms with Crippen LogP contribution in [-0.4, -0.2) is 35.8 Å². The van der Waals surface area contributed by atoms with E-state index in [-0.39, 0.29) is 6.10 Å². The number of benzene rings is 1. The highest BCUT2D eigenvalue weighted by Crippen LogP contribution is 2.37. The number of H-pyrrole nitrogens is 1. The fourth-order valence-electron chi connectivity index (χ4n) is 4.58. The van der Waals surface area contributed by atoms with Gasteiger partial charge >= 0.3 is 0 Å². The molecule has 0 saturated heterocycles. The van der Waals surface area contributed by atoms with Crippen LogP contribution in [0.15, 0.2) is 35.0 Å². The molecule has 1 fully saturated rings.